The number of nitrogens with two attached hydrogens (primary N) is 1. The molecule has 0 saturated heterocycles. The van der Waals surface area contributed by atoms with E-state index in [4.69, 9.17) is 10.5 Å². The number of thioether (sulfide) groups is 1. The zero-order valence-electron chi connectivity index (χ0n) is 10.4. The van der Waals surface area contributed by atoms with Crippen molar-refractivity contribution in [3.63, 3.8) is 0 Å². The summed E-state index contributed by atoms with van der Waals surface area (Å²) in [4.78, 5) is 12.4. The first-order valence-electron chi connectivity index (χ1n) is 5.80. The number of methoxy groups -OCH3 is 1. The van der Waals surface area contributed by atoms with Gasteiger partial charge < -0.3 is 10.5 Å². The molecule has 0 aliphatic rings. The lowest BCUT2D eigenvalue weighted by atomic mass is 10.2. The van der Waals surface area contributed by atoms with Crippen molar-refractivity contribution >= 4 is 23.4 Å². The number of esters is 1. The standard InChI is InChI=1S/C13H19NO2S/c1-3-4-5-9-17-12-10(13(15)16-2)7-6-8-11(12)14/h6-8H,3-5,9,14H2,1-2H3. The number of carbonyl (C=O) groups excluding carboxylic acids is 1. The van der Waals surface area contributed by atoms with Crippen LogP contribution in [0.1, 0.15) is 36.5 Å². The lowest BCUT2D eigenvalue weighted by Gasteiger charge is -2.10. The third-order valence-corrected chi connectivity index (χ3v) is 3.68. The molecule has 2 N–H and O–H groups in total. The first kappa shape index (κ1) is 13.9. The maximum absolute atomic E-state index is 11.6. The second kappa shape index (κ2) is 7.22. The molecule has 0 aliphatic carbocycles. The predicted octanol–water partition coefficient (Wildman–Crippen LogP) is 3.34. The lowest BCUT2D eigenvalue weighted by molar-refractivity contribution is 0.0597. The summed E-state index contributed by atoms with van der Waals surface area (Å²) in [5.41, 5.74) is 7.11. The Bertz CT molecular complexity index is 380. The Hall–Kier alpha value is -1.16. The Balaban J connectivity index is 2.77. The average Bonchev–Trinajstić information content (AvgIpc) is 2.35. The molecule has 0 spiro atoms. The Morgan fingerprint density at radius 3 is 2.82 bits per heavy atom. The minimum Gasteiger partial charge on any atom is -0.465 e. The third-order valence-electron chi connectivity index (χ3n) is 2.45. The van der Waals surface area contributed by atoms with Crippen molar-refractivity contribution in [2.75, 3.05) is 18.6 Å². The molecule has 1 aromatic carbocycles. The van der Waals surface area contributed by atoms with Gasteiger partial charge in [0.1, 0.15) is 0 Å². The molecule has 0 fully saturated rings. The van der Waals surface area contributed by atoms with Gasteiger partial charge in [0.15, 0.2) is 0 Å². The van der Waals surface area contributed by atoms with E-state index in [1.807, 2.05) is 6.07 Å². The molecular formula is C13H19NO2S. The topological polar surface area (TPSA) is 52.3 Å². The SMILES string of the molecule is CCCCCSc1c(N)cccc1C(=O)OC. The number of unbranched alkanes of at least 4 members (excludes halogenated alkanes) is 2. The molecule has 3 nitrogen and oxygen atoms in total. The number of carbonyl (C=O) groups is 1. The van der Waals surface area contributed by atoms with Crippen LogP contribution in [0.15, 0.2) is 23.1 Å². The normalized spacial score (nSPS) is 10.2. The van der Waals surface area contributed by atoms with Crippen LogP contribution in [-0.4, -0.2) is 18.8 Å². The summed E-state index contributed by atoms with van der Waals surface area (Å²) in [5, 5.41) is 0. The van der Waals surface area contributed by atoms with Crippen molar-refractivity contribution in [3.05, 3.63) is 23.8 Å². The fraction of sp³-hybridized carbons (Fsp3) is 0.462. The largest absolute Gasteiger partial charge is 0.465 e. The quantitative estimate of drug-likeness (QED) is 0.365. The summed E-state index contributed by atoms with van der Waals surface area (Å²) in [6.45, 7) is 2.17. The van der Waals surface area contributed by atoms with E-state index in [2.05, 4.69) is 6.92 Å². The molecule has 0 amide bonds. The number of ether oxygens (including phenoxy) is 1. The maximum atomic E-state index is 11.6. The van der Waals surface area contributed by atoms with E-state index in [9.17, 15) is 4.79 Å². The first-order chi connectivity index (χ1) is 8.20. The predicted molar refractivity (Wildman–Crippen MR) is 72.4 cm³/mol. The number of nitrogen functional groups attached to an aromatic ring is 1. The summed E-state index contributed by atoms with van der Waals surface area (Å²) < 4.78 is 4.75. The summed E-state index contributed by atoms with van der Waals surface area (Å²) in [6.07, 6.45) is 3.53. The van der Waals surface area contributed by atoms with Crippen LogP contribution in [-0.2, 0) is 4.74 Å². The van der Waals surface area contributed by atoms with Gasteiger partial charge in [-0.25, -0.2) is 4.79 Å². The van der Waals surface area contributed by atoms with Crippen molar-refractivity contribution in [2.24, 2.45) is 0 Å². The van der Waals surface area contributed by atoms with Crippen molar-refractivity contribution in [1.29, 1.82) is 0 Å². The highest BCUT2D eigenvalue weighted by molar-refractivity contribution is 7.99. The molecular weight excluding hydrogens is 234 g/mol. The molecule has 0 aromatic heterocycles. The van der Waals surface area contributed by atoms with Crippen molar-refractivity contribution < 1.29 is 9.53 Å². The van der Waals surface area contributed by atoms with Crippen molar-refractivity contribution in [1.82, 2.24) is 0 Å². The first-order valence-corrected chi connectivity index (χ1v) is 6.78. The molecule has 1 aromatic rings. The lowest BCUT2D eigenvalue weighted by Crippen LogP contribution is -2.05. The van der Waals surface area contributed by atoms with Gasteiger partial charge in [-0.2, -0.15) is 0 Å². The van der Waals surface area contributed by atoms with E-state index in [-0.39, 0.29) is 5.97 Å². The molecule has 0 saturated carbocycles. The number of rotatable bonds is 6. The molecule has 0 unspecified atom stereocenters. The Morgan fingerprint density at radius 2 is 2.18 bits per heavy atom. The zero-order valence-corrected chi connectivity index (χ0v) is 11.2. The molecule has 0 aliphatic heterocycles. The van der Waals surface area contributed by atoms with Crippen molar-refractivity contribution in [2.45, 2.75) is 31.1 Å². The van der Waals surface area contributed by atoms with Crippen LogP contribution in [0, 0.1) is 0 Å². The van der Waals surface area contributed by atoms with Crippen LogP contribution < -0.4 is 5.73 Å². The minimum atomic E-state index is -0.324. The Labute approximate surface area is 107 Å². The van der Waals surface area contributed by atoms with Gasteiger partial charge in [0, 0.05) is 10.6 Å². The number of hydrogen-bond acceptors (Lipinski definition) is 4. The molecule has 0 radical (unpaired) electrons. The monoisotopic (exact) mass is 253 g/mol. The average molecular weight is 253 g/mol. The summed E-state index contributed by atoms with van der Waals surface area (Å²) >= 11 is 1.63. The molecule has 0 heterocycles. The highest BCUT2D eigenvalue weighted by atomic mass is 32.2. The smallest absolute Gasteiger partial charge is 0.339 e. The van der Waals surface area contributed by atoms with Crippen LogP contribution in [0.2, 0.25) is 0 Å². The van der Waals surface area contributed by atoms with E-state index in [0.29, 0.717) is 11.3 Å². The van der Waals surface area contributed by atoms with Gasteiger partial charge in [0.25, 0.3) is 0 Å². The fourth-order valence-corrected chi connectivity index (χ4v) is 2.61. The zero-order chi connectivity index (χ0) is 12.7. The molecule has 4 heteroatoms. The van der Waals surface area contributed by atoms with Gasteiger partial charge in [-0.15, -0.1) is 11.8 Å². The molecule has 94 valence electrons. The fourth-order valence-electron chi connectivity index (χ4n) is 1.51. The summed E-state index contributed by atoms with van der Waals surface area (Å²) in [7, 11) is 1.39. The van der Waals surface area contributed by atoms with Gasteiger partial charge in [0.05, 0.1) is 12.7 Å². The van der Waals surface area contributed by atoms with E-state index < -0.39 is 0 Å². The number of anilines is 1. The molecule has 1 rings (SSSR count). The van der Waals surface area contributed by atoms with Gasteiger partial charge in [-0.05, 0) is 24.3 Å². The highest BCUT2D eigenvalue weighted by Gasteiger charge is 2.14. The number of benzene rings is 1. The van der Waals surface area contributed by atoms with E-state index in [1.54, 1.807) is 23.9 Å². The van der Waals surface area contributed by atoms with Crippen LogP contribution >= 0.6 is 11.8 Å². The Morgan fingerprint density at radius 1 is 1.41 bits per heavy atom. The van der Waals surface area contributed by atoms with Crippen LogP contribution in [0.25, 0.3) is 0 Å². The third kappa shape index (κ3) is 3.97. The number of hydrogen-bond donors (Lipinski definition) is 1. The van der Waals surface area contributed by atoms with Gasteiger partial charge in [-0.1, -0.05) is 25.8 Å². The summed E-state index contributed by atoms with van der Waals surface area (Å²) in [5.74, 6) is 0.654. The van der Waals surface area contributed by atoms with E-state index >= 15 is 0 Å². The van der Waals surface area contributed by atoms with Crippen LogP contribution in [0.3, 0.4) is 0 Å². The van der Waals surface area contributed by atoms with Crippen LogP contribution in [0.4, 0.5) is 5.69 Å². The molecule has 0 atom stereocenters. The van der Waals surface area contributed by atoms with Gasteiger partial charge >= 0.3 is 5.97 Å². The second-order valence-corrected chi connectivity index (χ2v) is 4.88. The van der Waals surface area contributed by atoms with E-state index in [0.717, 1.165) is 17.1 Å². The second-order valence-electron chi connectivity index (χ2n) is 3.77. The van der Waals surface area contributed by atoms with Crippen LogP contribution in [0.5, 0.6) is 0 Å². The maximum Gasteiger partial charge on any atom is 0.339 e. The molecule has 0 bridgehead atoms. The minimum absolute atomic E-state index is 0.324. The summed E-state index contributed by atoms with van der Waals surface area (Å²) in [6, 6.07) is 5.34. The highest BCUT2D eigenvalue weighted by Crippen LogP contribution is 2.30. The van der Waals surface area contributed by atoms with Gasteiger partial charge in [0.2, 0.25) is 0 Å². The Kier molecular flexibility index (Phi) is 5.91. The van der Waals surface area contributed by atoms with Crippen molar-refractivity contribution in [3.8, 4) is 0 Å². The van der Waals surface area contributed by atoms with Gasteiger partial charge in [-0.3, -0.25) is 0 Å². The van der Waals surface area contributed by atoms with E-state index in [1.165, 1.54) is 20.0 Å². The molecule has 17 heavy (non-hydrogen) atoms.